The molecule has 0 radical (unpaired) electrons. The molecule has 0 saturated heterocycles. The minimum Gasteiger partial charge on any atom is -0.480 e. The van der Waals surface area contributed by atoms with Crippen LogP contribution in [0.4, 0.5) is 0 Å². The van der Waals surface area contributed by atoms with E-state index in [0.29, 0.717) is 12.5 Å². The van der Waals surface area contributed by atoms with Gasteiger partial charge in [0.25, 0.3) is 0 Å². The molecule has 0 heterocycles. The van der Waals surface area contributed by atoms with Gasteiger partial charge < -0.3 is 10.0 Å². The number of aliphatic carboxylic acids is 1. The second-order valence-electron chi connectivity index (χ2n) is 5.30. The van der Waals surface area contributed by atoms with Gasteiger partial charge in [0, 0.05) is 12.5 Å². The second-order valence-corrected chi connectivity index (χ2v) is 5.30. The Bertz CT molecular complexity index is 287. The zero-order valence-corrected chi connectivity index (χ0v) is 11.5. The quantitative estimate of drug-likeness (QED) is 0.688. The molecule has 1 atom stereocenters. The van der Waals surface area contributed by atoms with Gasteiger partial charge in [-0.25, -0.2) is 0 Å². The third-order valence-corrected chi connectivity index (χ3v) is 3.56. The highest BCUT2D eigenvalue weighted by molar-refractivity contribution is 5.83. The Labute approximate surface area is 109 Å². The fourth-order valence-corrected chi connectivity index (χ4v) is 2.22. The first-order valence-electron chi connectivity index (χ1n) is 7.09. The van der Waals surface area contributed by atoms with E-state index in [-0.39, 0.29) is 18.4 Å². The van der Waals surface area contributed by atoms with Crippen molar-refractivity contribution in [3.05, 3.63) is 0 Å². The van der Waals surface area contributed by atoms with E-state index >= 15 is 0 Å². The molecule has 0 bridgehead atoms. The van der Waals surface area contributed by atoms with Gasteiger partial charge in [0.2, 0.25) is 5.91 Å². The minimum absolute atomic E-state index is 0.00282. The van der Waals surface area contributed by atoms with Crippen molar-refractivity contribution in [1.29, 1.82) is 0 Å². The van der Waals surface area contributed by atoms with Crippen molar-refractivity contribution in [3.8, 4) is 0 Å². The van der Waals surface area contributed by atoms with Gasteiger partial charge in [0.05, 0.1) is 0 Å². The van der Waals surface area contributed by atoms with Crippen LogP contribution in [-0.2, 0) is 9.59 Å². The molecule has 1 saturated carbocycles. The van der Waals surface area contributed by atoms with Crippen LogP contribution < -0.4 is 0 Å². The summed E-state index contributed by atoms with van der Waals surface area (Å²) in [6.07, 6.45) is 6.07. The minimum atomic E-state index is -0.908. The van der Waals surface area contributed by atoms with Crippen molar-refractivity contribution in [1.82, 2.24) is 4.90 Å². The van der Waals surface area contributed by atoms with Crippen LogP contribution in [-0.4, -0.2) is 35.0 Å². The normalized spacial score (nSPS) is 16.3. The molecule has 1 fully saturated rings. The number of hydrogen-bond donors (Lipinski definition) is 1. The molecule has 0 aliphatic heterocycles. The molecule has 0 aromatic carbocycles. The van der Waals surface area contributed by atoms with E-state index in [9.17, 15) is 9.59 Å². The van der Waals surface area contributed by atoms with E-state index < -0.39 is 5.97 Å². The second kappa shape index (κ2) is 7.39. The largest absolute Gasteiger partial charge is 0.480 e. The maximum atomic E-state index is 12.3. The SMILES string of the molecule is CCCCC(CC)C(=O)N(CC(=O)O)CC1CC1. The first kappa shape index (κ1) is 15.0. The number of carboxylic acids is 1. The predicted octanol–water partition coefficient (Wildman–Crippen LogP) is 2.53. The van der Waals surface area contributed by atoms with E-state index in [4.69, 9.17) is 5.11 Å². The lowest BCUT2D eigenvalue weighted by Gasteiger charge is -2.25. The number of carbonyl (C=O) groups excluding carboxylic acids is 1. The lowest BCUT2D eigenvalue weighted by molar-refractivity contribution is -0.146. The Morgan fingerprint density at radius 3 is 2.44 bits per heavy atom. The fraction of sp³-hybridized carbons (Fsp3) is 0.857. The molecular weight excluding hydrogens is 230 g/mol. The average Bonchev–Trinajstić information content (AvgIpc) is 3.12. The standard InChI is InChI=1S/C14H25NO3/c1-3-5-6-12(4-2)14(18)15(10-13(16)17)9-11-7-8-11/h11-12H,3-10H2,1-2H3,(H,16,17). The molecule has 18 heavy (non-hydrogen) atoms. The summed E-state index contributed by atoms with van der Waals surface area (Å²) < 4.78 is 0. The first-order chi connectivity index (χ1) is 8.58. The van der Waals surface area contributed by atoms with Crippen molar-refractivity contribution < 1.29 is 14.7 Å². The van der Waals surface area contributed by atoms with Crippen LogP contribution in [0.15, 0.2) is 0 Å². The Morgan fingerprint density at radius 1 is 1.33 bits per heavy atom. The van der Waals surface area contributed by atoms with E-state index in [0.717, 1.165) is 38.5 Å². The summed E-state index contributed by atoms with van der Waals surface area (Å²) >= 11 is 0. The lowest BCUT2D eigenvalue weighted by atomic mass is 9.97. The molecule has 104 valence electrons. The van der Waals surface area contributed by atoms with Crippen molar-refractivity contribution in [3.63, 3.8) is 0 Å². The van der Waals surface area contributed by atoms with E-state index in [1.165, 1.54) is 0 Å². The summed E-state index contributed by atoms with van der Waals surface area (Å²) in [5, 5.41) is 8.90. The van der Waals surface area contributed by atoms with Gasteiger partial charge in [0.1, 0.15) is 6.54 Å². The van der Waals surface area contributed by atoms with Crippen LogP contribution in [0.1, 0.15) is 52.4 Å². The van der Waals surface area contributed by atoms with Gasteiger partial charge >= 0.3 is 5.97 Å². The smallest absolute Gasteiger partial charge is 0.323 e. The molecule has 1 unspecified atom stereocenters. The van der Waals surface area contributed by atoms with Crippen LogP contribution in [0, 0.1) is 11.8 Å². The summed E-state index contributed by atoms with van der Waals surface area (Å²) in [7, 11) is 0. The van der Waals surface area contributed by atoms with Crippen molar-refractivity contribution >= 4 is 11.9 Å². The Hall–Kier alpha value is -1.06. The lowest BCUT2D eigenvalue weighted by Crippen LogP contribution is -2.40. The third kappa shape index (κ3) is 5.07. The highest BCUT2D eigenvalue weighted by Crippen LogP contribution is 2.30. The first-order valence-corrected chi connectivity index (χ1v) is 7.09. The summed E-state index contributed by atoms with van der Waals surface area (Å²) in [5.74, 6) is -0.324. The van der Waals surface area contributed by atoms with Crippen molar-refractivity contribution in [2.24, 2.45) is 11.8 Å². The Balaban J connectivity index is 2.56. The van der Waals surface area contributed by atoms with Crippen LogP contribution >= 0.6 is 0 Å². The fourth-order valence-electron chi connectivity index (χ4n) is 2.22. The topological polar surface area (TPSA) is 57.6 Å². The molecule has 1 N–H and O–H groups in total. The number of amides is 1. The number of carbonyl (C=O) groups is 2. The summed E-state index contributed by atoms with van der Waals surface area (Å²) in [6, 6.07) is 0. The zero-order chi connectivity index (χ0) is 13.5. The van der Waals surface area contributed by atoms with Crippen LogP contribution in [0.5, 0.6) is 0 Å². The molecule has 1 amide bonds. The molecule has 4 nitrogen and oxygen atoms in total. The van der Waals surface area contributed by atoms with E-state index in [1.807, 2.05) is 6.92 Å². The number of nitrogens with zero attached hydrogens (tertiary/aromatic N) is 1. The van der Waals surface area contributed by atoms with E-state index in [1.54, 1.807) is 4.90 Å². The zero-order valence-electron chi connectivity index (χ0n) is 11.5. The molecule has 4 heteroatoms. The van der Waals surface area contributed by atoms with Gasteiger partial charge in [0.15, 0.2) is 0 Å². The van der Waals surface area contributed by atoms with Crippen LogP contribution in [0.2, 0.25) is 0 Å². The number of unbranched alkanes of at least 4 members (excludes halogenated alkanes) is 1. The van der Waals surface area contributed by atoms with Crippen LogP contribution in [0.3, 0.4) is 0 Å². The van der Waals surface area contributed by atoms with Crippen LogP contribution in [0.25, 0.3) is 0 Å². The third-order valence-electron chi connectivity index (χ3n) is 3.56. The molecule has 0 aromatic rings. The summed E-state index contributed by atoms with van der Waals surface area (Å²) in [6.45, 7) is 4.61. The van der Waals surface area contributed by atoms with E-state index in [2.05, 4.69) is 6.92 Å². The van der Waals surface area contributed by atoms with Gasteiger partial charge in [-0.15, -0.1) is 0 Å². The van der Waals surface area contributed by atoms with Gasteiger partial charge in [-0.1, -0.05) is 26.7 Å². The maximum Gasteiger partial charge on any atom is 0.323 e. The Kier molecular flexibility index (Phi) is 6.16. The molecule has 1 aliphatic carbocycles. The van der Waals surface area contributed by atoms with Crippen molar-refractivity contribution in [2.75, 3.05) is 13.1 Å². The summed E-state index contributed by atoms with van der Waals surface area (Å²) in [4.78, 5) is 24.7. The highest BCUT2D eigenvalue weighted by atomic mass is 16.4. The molecular formula is C14H25NO3. The predicted molar refractivity (Wildman–Crippen MR) is 70.2 cm³/mol. The maximum absolute atomic E-state index is 12.3. The Morgan fingerprint density at radius 2 is 2.00 bits per heavy atom. The number of hydrogen-bond acceptors (Lipinski definition) is 2. The van der Waals surface area contributed by atoms with Gasteiger partial charge in [-0.05, 0) is 31.6 Å². The van der Waals surface area contributed by atoms with Gasteiger partial charge in [-0.2, -0.15) is 0 Å². The van der Waals surface area contributed by atoms with Crippen molar-refractivity contribution in [2.45, 2.75) is 52.4 Å². The number of carboxylic acid groups (broad SMARTS) is 1. The number of rotatable bonds is 9. The molecule has 0 aromatic heterocycles. The highest BCUT2D eigenvalue weighted by Gasteiger charge is 2.30. The average molecular weight is 255 g/mol. The monoisotopic (exact) mass is 255 g/mol. The molecule has 0 spiro atoms. The molecule has 1 aliphatic rings. The summed E-state index contributed by atoms with van der Waals surface area (Å²) in [5.41, 5.74) is 0. The molecule has 1 rings (SSSR count). The van der Waals surface area contributed by atoms with Gasteiger partial charge in [-0.3, -0.25) is 9.59 Å².